The number of hydrogen-bond acceptors (Lipinski definition) is 5. The summed E-state index contributed by atoms with van der Waals surface area (Å²) in [4.78, 5) is 25.2. The number of sulfonamides is 1. The van der Waals surface area contributed by atoms with Crippen molar-refractivity contribution in [3.63, 3.8) is 0 Å². The van der Waals surface area contributed by atoms with E-state index in [1.807, 2.05) is 4.90 Å². The lowest BCUT2D eigenvalue weighted by Gasteiger charge is -2.33. The molecule has 1 fully saturated rings. The van der Waals surface area contributed by atoms with E-state index in [1.54, 1.807) is 12.1 Å². The van der Waals surface area contributed by atoms with Crippen LogP contribution in [0.15, 0.2) is 47.4 Å². The largest absolute Gasteiger partial charge is 0.366 e. The summed E-state index contributed by atoms with van der Waals surface area (Å²) in [5.74, 6) is -0.782. The molecule has 0 unspecified atom stereocenters. The van der Waals surface area contributed by atoms with Gasteiger partial charge < -0.3 is 11.1 Å². The van der Waals surface area contributed by atoms with E-state index in [-0.39, 0.29) is 40.5 Å². The Bertz CT molecular complexity index is 1050. The van der Waals surface area contributed by atoms with Crippen LogP contribution in [0.5, 0.6) is 0 Å². The summed E-state index contributed by atoms with van der Waals surface area (Å²) in [5.41, 5.74) is 6.08. The number of rotatable bonds is 6. The van der Waals surface area contributed by atoms with Crippen molar-refractivity contribution in [1.29, 1.82) is 0 Å². The number of primary amides is 1. The molecule has 0 atom stereocenters. The van der Waals surface area contributed by atoms with E-state index in [4.69, 9.17) is 28.9 Å². The van der Waals surface area contributed by atoms with E-state index in [9.17, 15) is 18.0 Å². The molecule has 160 valence electrons. The van der Waals surface area contributed by atoms with Crippen LogP contribution in [-0.4, -0.2) is 62.2 Å². The SMILES string of the molecule is NC(=O)c1ccc(NC(=O)CN2CCN(S(=O)(=O)c3cc(Cl)ccc3Cl)CC2)cc1. The number of carbonyl (C=O) groups excluding carboxylic acids is 2. The van der Waals surface area contributed by atoms with E-state index in [0.717, 1.165) is 0 Å². The second-order valence-electron chi connectivity index (χ2n) is 6.74. The fourth-order valence-corrected chi connectivity index (χ4v) is 5.22. The minimum atomic E-state index is -3.77. The van der Waals surface area contributed by atoms with Gasteiger partial charge in [-0.2, -0.15) is 4.31 Å². The molecule has 1 saturated heterocycles. The van der Waals surface area contributed by atoms with Gasteiger partial charge >= 0.3 is 0 Å². The van der Waals surface area contributed by atoms with Gasteiger partial charge in [0, 0.05) is 42.5 Å². The van der Waals surface area contributed by atoms with Gasteiger partial charge in [-0.25, -0.2) is 8.42 Å². The Morgan fingerprint density at radius 2 is 1.63 bits per heavy atom. The van der Waals surface area contributed by atoms with E-state index < -0.39 is 15.9 Å². The fourth-order valence-electron chi connectivity index (χ4n) is 3.06. The van der Waals surface area contributed by atoms with Crippen molar-refractivity contribution < 1.29 is 18.0 Å². The van der Waals surface area contributed by atoms with Crippen LogP contribution in [0, 0.1) is 0 Å². The van der Waals surface area contributed by atoms with Gasteiger partial charge in [0.1, 0.15) is 4.90 Å². The Hall–Kier alpha value is -2.17. The van der Waals surface area contributed by atoms with E-state index in [0.29, 0.717) is 24.3 Å². The monoisotopic (exact) mass is 470 g/mol. The number of nitrogens with zero attached hydrogens (tertiary/aromatic N) is 2. The first-order chi connectivity index (χ1) is 14.2. The van der Waals surface area contributed by atoms with Gasteiger partial charge in [0.15, 0.2) is 0 Å². The molecule has 0 radical (unpaired) electrons. The van der Waals surface area contributed by atoms with Gasteiger partial charge in [-0.3, -0.25) is 14.5 Å². The fraction of sp³-hybridized carbons (Fsp3) is 0.263. The molecule has 11 heteroatoms. The molecule has 1 aliphatic rings. The predicted molar refractivity (Wildman–Crippen MR) is 115 cm³/mol. The maximum Gasteiger partial charge on any atom is 0.248 e. The first-order valence-corrected chi connectivity index (χ1v) is 11.2. The highest BCUT2D eigenvalue weighted by atomic mass is 35.5. The van der Waals surface area contributed by atoms with Crippen LogP contribution in [-0.2, 0) is 14.8 Å². The number of nitrogens with one attached hydrogen (secondary N) is 1. The van der Waals surface area contributed by atoms with E-state index in [2.05, 4.69) is 5.32 Å². The van der Waals surface area contributed by atoms with Gasteiger partial charge in [-0.15, -0.1) is 0 Å². The van der Waals surface area contributed by atoms with Crippen LogP contribution < -0.4 is 11.1 Å². The number of hydrogen-bond donors (Lipinski definition) is 2. The molecule has 1 aliphatic heterocycles. The molecule has 3 rings (SSSR count). The molecule has 0 spiro atoms. The zero-order chi connectivity index (χ0) is 21.9. The molecular formula is C19H20Cl2N4O4S. The van der Waals surface area contributed by atoms with Crippen LogP contribution in [0.2, 0.25) is 10.0 Å². The maximum absolute atomic E-state index is 12.9. The van der Waals surface area contributed by atoms with Crippen molar-refractivity contribution in [2.45, 2.75) is 4.90 Å². The molecule has 3 N–H and O–H groups in total. The molecule has 2 aromatic rings. The molecule has 0 saturated carbocycles. The third-order valence-corrected chi connectivity index (χ3v) is 7.28. The zero-order valence-corrected chi connectivity index (χ0v) is 18.2. The molecule has 0 aromatic heterocycles. The highest BCUT2D eigenvalue weighted by molar-refractivity contribution is 7.89. The number of amides is 2. The lowest BCUT2D eigenvalue weighted by Crippen LogP contribution is -2.50. The Balaban J connectivity index is 1.55. The Morgan fingerprint density at radius 1 is 1.00 bits per heavy atom. The number of benzene rings is 2. The number of piperazine rings is 1. The van der Waals surface area contributed by atoms with Gasteiger partial charge in [-0.1, -0.05) is 23.2 Å². The standard InChI is InChI=1S/C19H20Cl2N4O4S/c20-14-3-6-16(21)17(11-14)30(28,29)25-9-7-24(8-10-25)12-18(26)23-15-4-1-13(2-5-15)19(22)27/h1-6,11H,7-10,12H2,(H2,22,27)(H,23,26). The van der Waals surface area contributed by atoms with Gasteiger partial charge in [0.25, 0.3) is 0 Å². The highest BCUT2D eigenvalue weighted by Gasteiger charge is 2.30. The average molecular weight is 471 g/mol. The summed E-state index contributed by atoms with van der Waals surface area (Å²) in [6.45, 7) is 1.36. The predicted octanol–water partition coefficient (Wildman–Crippen LogP) is 2.04. The van der Waals surface area contributed by atoms with E-state index >= 15 is 0 Å². The molecule has 1 heterocycles. The third kappa shape index (κ3) is 5.30. The first-order valence-electron chi connectivity index (χ1n) is 9.04. The number of anilines is 1. The molecule has 8 nitrogen and oxygen atoms in total. The molecule has 2 aromatic carbocycles. The van der Waals surface area contributed by atoms with Crippen molar-refractivity contribution in [3.8, 4) is 0 Å². The Morgan fingerprint density at radius 3 is 2.23 bits per heavy atom. The molecular weight excluding hydrogens is 451 g/mol. The van der Waals surface area contributed by atoms with Crippen molar-refractivity contribution in [1.82, 2.24) is 9.21 Å². The van der Waals surface area contributed by atoms with Gasteiger partial charge in [-0.05, 0) is 42.5 Å². The summed E-state index contributed by atoms with van der Waals surface area (Å²) in [5, 5.41) is 3.14. The number of carbonyl (C=O) groups is 2. The van der Waals surface area contributed by atoms with Crippen LogP contribution in [0.1, 0.15) is 10.4 Å². The maximum atomic E-state index is 12.9. The third-order valence-electron chi connectivity index (χ3n) is 4.66. The smallest absolute Gasteiger partial charge is 0.248 e. The van der Waals surface area contributed by atoms with Crippen LogP contribution in [0.4, 0.5) is 5.69 Å². The second-order valence-corrected chi connectivity index (χ2v) is 9.49. The summed E-state index contributed by atoms with van der Waals surface area (Å²) in [6, 6.07) is 10.6. The molecule has 30 heavy (non-hydrogen) atoms. The van der Waals surface area contributed by atoms with Crippen LogP contribution >= 0.6 is 23.2 Å². The van der Waals surface area contributed by atoms with Crippen molar-refractivity contribution in [2.75, 3.05) is 38.0 Å². The normalized spacial score (nSPS) is 15.7. The molecule has 0 aliphatic carbocycles. The van der Waals surface area contributed by atoms with Crippen LogP contribution in [0.3, 0.4) is 0 Å². The van der Waals surface area contributed by atoms with Gasteiger partial charge in [0.2, 0.25) is 21.8 Å². The lowest BCUT2D eigenvalue weighted by atomic mass is 10.2. The number of nitrogens with two attached hydrogens (primary N) is 1. The average Bonchev–Trinajstić information content (AvgIpc) is 2.70. The van der Waals surface area contributed by atoms with Gasteiger partial charge in [0.05, 0.1) is 11.6 Å². The summed E-state index contributed by atoms with van der Waals surface area (Å²) < 4.78 is 27.1. The second kappa shape index (κ2) is 9.32. The summed E-state index contributed by atoms with van der Waals surface area (Å²) in [6.07, 6.45) is 0. The Kier molecular flexibility index (Phi) is 6.99. The molecule has 2 amide bonds. The quantitative estimate of drug-likeness (QED) is 0.670. The Labute approximate surface area is 184 Å². The summed E-state index contributed by atoms with van der Waals surface area (Å²) >= 11 is 12.0. The van der Waals surface area contributed by atoms with Crippen molar-refractivity contribution in [2.24, 2.45) is 5.73 Å². The topological polar surface area (TPSA) is 113 Å². The van der Waals surface area contributed by atoms with E-state index in [1.165, 1.54) is 34.6 Å². The van der Waals surface area contributed by atoms with Crippen molar-refractivity contribution >= 4 is 50.7 Å². The van der Waals surface area contributed by atoms with Crippen LogP contribution in [0.25, 0.3) is 0 Å². The minimum absolute atomic E-state index is 0.0257. The highest BCUT2D eigenvalue weighted by Crippen LogP contribution is 2.28. The first kappa shape index (κ1) is 22.5. The lowest BCUT2D eigenvalue weighted by molar-refractivity contribution is -0.117. The zero-order valence-electron chi connectivity index (χ0n) is 15.8. The summed E-state index contributed by atoms with van der Waals surface area (Å²) in [7, 11) is -3.77. The van der Waals surface area contributed by atoms with Crippen molar-refractivity contribution in [3.05, 3.63) is 58.1 Å². The number of halogens is 2. The minimum Gasteiger partial charge on any atom is -0.366 e. The molecule has 0 bridgehead atoms.